The Labute approximate surface area is 128 Å². The minimum absolute atomic E-state index is 0.369. The molecule has 22 heavy (non-hydrogen) atoms. The fourth-order valence-electron chi connectivity index (χ4n) is 2.20. The highest BCUT2D eigenvalue weighted by atomic mass is 16.5. The maximum atomic E-state index is 11.9. The quantitative estimate of drug-likeness (QED) is 0.851. The predicted octanol–water partition coefficient (Wildman–Crippen LogP) is 1.76. The second-order valence-electron chi connectivity index (χ2n) is 5.02. The first kappa shape index (κ1) is 15.9. The van der Waals surface area contributed by atoms with Crippen LogP contribution in [0.15, 0.2) is 27.8 Å². The third-order valence-corrected chi connectivity index (χ3v) is 3.33. The Hall–Kier alpha value is -2.50. The third kappa shape index (κ3) is 3.58. The SMILES string of the molecule is CCCOc1ccc(Cc2c(C)[nH]c(=O)[nH]c2=O)cc1OC. The molecule has 0 aliphatic heterocycles. The highest BCUT2D eigenvalue weighted by Crippen LogP contribution is 2.28. The van der Waals surface area contributed by atoms with Crippen LogP contribution in [0, 0.1) is 6.92 Å². The van der Waals surface area contributed by atoms with Gasteiger partial charge in [0.1, 0.15) is 0 Å². The molecule has 118 valence electrons. The van der Waals surface area contributed by atoms with Crippen LogP contribution in [-0.2, 0) is 6.42 Å². The third-order valence-electron chi connectivity index (χ3n) is 3.33. The van der Waals surface area contributed by atoms with Crippen molar-refractivity contribution < 1.29 is 9.47 Å². The number of benzene rings is 1. The van der Waals surface area contributed by atoms with E-state index in [0.29, 0.717) is 35.8 Å². The smallest absolute Gasteiger partial charge is 0.325 e. The lowest BCUT2D eigenvalue weighted by Gasteiger charge is -2.12. The number of aryl methyl sites for hydroxylation is 1. The number of rotatable bonds is 6. The van der Waals surface area contributed by atoms with Crippen molar-refractivity contribution in [1.29, 1.82) is 0 Å². The number of nitrogens with one attached hydrogen (secondary N) is 2. The van der Waals surface area contributed by atoms with E-state index in [9.17, 15) is 9.59 Å². The number of hydrogen-bond donors (Lipinski definition) is 2. The molecular weight excluding hydrogens is 284 g/mol. The lowest BCUT2D eigenvalue weighted by molar-refractivity contribution is 0.294. The summed E-state index contributed by atoms with van der Waals surface area (Å²) in [6.45, 7) is 4.36. The van der Waals surface area contributed by atoms with Crippen molar-refractivity contribution in [3.05, 3.63) is 55.9 Å². The van der Waals surface area contributed by atoms with Crippen molar-refractivity contribution in [2.45, 2.75) is 26.7 Å². The predicted molar refractivity (Wildman–Crippen MR) is 84.0 cm³/mol. The second kappa shape index (κ2) is 6.98. The molecule has 2 rings (SSSR count). The summed E-state index contributed by atoms with van der Waals surface area (Å²) in [5.41, 5.74) is 1.14. The van der Waals surface area contributed by atoms with E-state index in [-0.39, 0.29) is 5.56 Å². The summed E-state index contributed by atoms with van der Waals surface area (Å²) < 4.78 is 10.9. The fourth-order valence-corrected chi connectivity index (χ4v) is 2.20. The molecule has 0 aliphatic rings. The van der Waals surface area contributed by atoms with E-state index in [1.807, 2.05) is 25.1 Å². The normalized spacial score (nSPS) is 10.5. The first-order valence-corrected chi connectivity index (χ1v) is 7.17. The second-order valence-corrected chi connectivity index (χ2v) is 5.02. The van der Waals surface area contributed by atoms with Crippen LogP contribution in [0.3, 0.4) is 0 Å². The van der Waals surface area contributed by atoms with Crippen LogP contribution in [0.25, 0.3) is 0 Å². The lowest BCUT2D eigenvalue weighted by atomic mass is 10.0. The fraction of sp³-hybridized carbons (Fsp3) is 0.375. The van der Waals surface area contributed by atoms with Crippen LogP contribution < -0.4 is 20.7 Å². The van der Waals surface area contributed by atoms with Gasteiger partial charge in [-0.2, -0.15) is 0 Å². The molecule has 0 fully saturated rings. The monoisotopic (exact) mass is 304 g/mol. The molecule has 1 heterocycles. The molecule has 1 aromatic carbocycles. The van der Waals surface area contributed by atoms with Gasteiger partial charge < -0.3 is 14.5 Å². The Morgan fingerprint density at radius 3 is 2.55 bits per heavy atom. The van der Waals surface area contributed by atoms with Gasteiger partial charge >= 0.3 is 5.69 Å². The molecule has 0 radical (unpaired) electrons. The van der Waals surface area contributed by atoms with Crippen LogP contribution in [0.5, 0.6) is 11.5 Å². The number of H-pyrrole nitrogens is 2. The summed E-state index contributed by atoms with van der Waals surface area (Å²) in [7, 11) is 1.58. The van der Waals surface area contributed by atoms with Crippen molar-refractivity contribution >= 4 is 0 Å². The molecule has 0 aliphatic carbocycles. The van der Waals surface area contributed by atoms with Gasteiger partial charge in [-0.1, -0.05) is 13.0 Å². The molecule has 6 nitrogen and oxygen atoms in total. The summed E-state index contributed by atoms with van der Waals surface area (Å²) in [4.78, 5) is 28.0. The maximum absolute atomic E-state index is 11.9. The van der Waals surface area contributed by atoms with Gasteiger partial charge in [-0.3, -0.25) is 9.78 Å². The largest absolute Gasteiger partial charge is 0.493 e. The van der Waals surface area contributed by atoms with E-state index in [0.717, 1.165) is 12.0 Å². The maximum Gasteiger partial charge on any atom is 0.325 e. The Bertz CT molecular complexity index is 761. The van der Waals surface area contributed by atoms with Crippen LogP contribution >= 0.6 is 0 Å². The van der Waals surface area contributed by atoms with E-state index in [2.05, 4.69) is 9.97 Å². The van der Waals surface area contributed by atoms with Crippen molar-refractivity contribution in [2.24, 2.45) is 0 Å². The van der Waals surface area contributed by atoms with Gasteiger partial charge in [0.05, 0.1) is 13.7 Å². The van der Waals surface area contributed by atoms with Crippen LogP contribution in [-0.4, -0.2) is 23.7 Å². The Morgan fingerprint density at radius 1 is 1.14 bits per heavy atom. The van der Waals surface area contributed by atoms with Gasteiger partial charge in [0, 0.05) is 17.7 Å². The number of hydrogen-bond acceptors (Lipinski definition) is 4. The molecule has 2 N–H and O–H groups in total. The first-order valence-electron chi connectivity index (χ1n) is 7.17. The molecule has 0 spiro atoms. The van der Waals surface area contributed by atoms with Gasteiger partial charge in [0.15, 0.2) is 11.5 Å². The minimum atomic E-state index is -0.493. The van der Waals surface area contributed by atoms with Crippen LogP contribution in [0.2, 0.25) is 0 Å². The molecule has 6 heteroatoms. The standard InChI is InChI=1S/C16H20N2O4/c1-4-7-22-13-6-5-11(9-14(13)21-3)8-12-10(2)17-16(20)18-15(12)19/h5-6,9H,4,7-8H2,1-3H3,(H2,17,18,19,20). The number of methoxy groups -OCH3 is 1. The van der Waals surface area contributed by atoms with Crippen molar-refractivity contribution in [1.82, 2.24) is 9.97 Å². The summed E-state index contributed by atoms with van der Waals surface area (Å²) >= 11 is 0. The summed E-state index contributed by atoms with van der Waals surface area (Å²) in [5.74, 6) is 1.31. The summed E-state index contributed by atoms with van der Waals surface area (Å²) in [6.07, 6.45) is 1.32. The highest BCUT2D eigenvalue weighted by molar-refractivity contribution is 5.44. The van der Waals surface area contributed by atoms with Gasteiger partial charge in [-0.25, -0.2) is 4.79 Å². The molecule has 2 aromatic rings. The average Bonchev–Trinajstić information content (AvgIpc) is 2.49. The van der Waals surface area contributed by atoms with E-state index in [1.165, 1.54) is 0 Å². The first-order chi connectivity index (χ1) is 10.5. The topological polar surface area (TPSA) is 84.2 Å². The molecule has 0 amide bonds. The summed E-state index contributed by atoms with van der Waals surface area (Å²) in [6, 6.07) is 5.56. The average molecular weight is 304 g/mol. The Balaban J connectivity index is 2.31. The highest BCUT2D eigenvalue weighted by Gasteiger charge is 2.10. The molecular formula is C16H20N2O4. The van der Waals surface area contributed by atoms with E-state index in [1.54, 1.807) is 14.0 Å². The summed E-state index contributed by atoms with van der Waals surface area (Å²) in [5, 5.41) is 0. The molecule has 0 saturated heterocycles. The van der Waals surface area contributed by atoms with Gasteiger partial charge in [-0.15, -0.1) is 0 Å². The van der Waals surface area contributed by atoms with Crippen molar-refractivity contribution in [3.8, 4) is 11.5 Å². The zero-order valence-electron chi connectivity index (χ0n) is 13.0. The van der Waals surface area contributed by atoms with Crippen molar-refractivity contribution in [2.75, 3.05) is 13.7 Å². The minimum Gasteiger partial charge on any atom is -0.493 e. The van der Waals surface area contributed by atoms with Crippen molar-refractivity contribution in [3.63, 3.8) is 0 Å². The molecule has 0 atom stereocenters. The number of aromatic amines is 2. The Morgan fingerprint density at radius 2 is 1.91 bits per heavy atom. The van der Waals surface area contributed by atoms with E-state index >= 15 is 0 Å². The van der Waals surface area contributed by atoms with Gasteiger partial charge in [0.25, 0.3) is 5.56 Å². The lowest BCUT2D eigenvalue weighted by Crippen LogP contribution is -2.27. The molecule has 0 saturated carbocycles. The van der Waals surface area contributed by atoms with E-state index in [4.69, 9.17) is 9.47 Å². The molecule has 0 unspecified atom stereocenters. The van der Waals surface area contributed by atoms with Gasteiger partial charge in [-0.05, 0) is 31.0 Å². The molecule has 1 aromatic heterocycles. The zero-order chi connectivity index (χ0) is 16.1. The van der Waals surface area contributed by atoms with Crippen LogP contribution in [0.4, 0.5) is 0 Å². The van der Waals surface area contributed by atoms with Gasteiger partial charge in [0.2, 0.25) is 0 Å². The van der Waals surface area contributed by atoms with Crippen LogP contribution in [0.1, 0.15) is 30.2 Å². The Kier molecular flexibility index (Phi) is 5.04. The number of ether oxygens (including phenoxy) is 2. The van der Waals surface area contributed by atoms with E-state index < -0.39 is 5.69 Å². The number of aromatic nitrogens is 2. The zero-order valence-corrected chi connectivity index (χ0v) is 13.0. The molecule has 0 bridgehead atoms.